The summed E-state index contributed by atoms with van der Waals surface area (Å²) < 4.78 is 0.493. The van der Waals surface area contributed by atoms with Gasteiger partial charge in [0.2, 0.25) is 0 Å². The van der Waals surface area contributed by atoms with E-state index in [1.807, 2.05) is 13.8 Å². The molecule has 5 nitrogen and oxygen atoms in total. The largest absolute Gasteiger partial charge is 0.343 e. The van der Waals surface area contributed by atoms with E-state index in [1.54, 1.807) is 18.2 Å². The minimum absolute atomic E-state index is 0.0179. The first-order chi connectivity index (χ1) is 9.04. The average molecular weight is 275 g/mol. The highest BCUT2D eigenvalue weighted by molar-refractivity contribution is 7.71. The molecule has 1 heterocycles. The summed E-state index contributed by atoms with van der Waals surface area (Å²) in [6.07, 6.45) is 0.783. The van der Waals surface area contributed by atoms with Crippen LogP contribution in [-0.4, -0.2) is 14.9 Å². The molecule has 1 aromatic heterocycles. The Balaban J connectivity index is 2.67. The van der Waals surface area contributed by atoms with Crippen molar-refractivity contribution in [3.63, 3.8) is 0 Å². The van der Waals surface area contributed by atoms with E-state index in [0.717, 1.165) is 17.7 Å². The third kappa shape index (κ3) is 2.53. The third-order valence-electron chi connectivity index (χ3n) is 2.94. The van der Waals surface area contributed by atoms with Gasteiger partial charge in [0.25, 0.3) is 5.69 Å². The molecule has 19 heavy (non-hydrogen) atoms. The summed E-state index contributed by atoms with van der Waals surface area (Å²) in [5, 5.41) is 11.0. The van der Waals surface area contributed by atoms with E-state index in [4.69, 9.17) is 12.2 Å². The van der Waals surface area contributed by atoms with Gasteiger partial charge in [0.1, 0.15) is 10.5 Å². The van der Waals surface area contributed by atoms with Crippen molar-refractivity contribution in [1.82, 2.24) is 9.97 Å². The van der Waals surface area contributed by atoms with E-state index >= 15 is 0 Å². The zero-order valence-corrected chi connectivity index (χ0v) is 11.5. The zero-order valence-electron chi connectivity index (χ0n) is 10.6. The van der Waals surface area contributed by atoms with Gasteiger partial charge in [0, 0.05) is 17.3 Å². The number of rotatable bonds is 3. The zero-order chi connectivity index (χ0) is 14.0. The second kappa shape index (κ2) is 5.27. The monoisotopic (exact) mass is 275 g/mol. The topological polar surface area (TPSA) is 71.8 Å². The second-order valence-electron chi connectivity index (χ2n) is 4.12. The molecular weight excluding hydrogens is 262 g/mol. The van der Waals surface area contributed by atoms with Crippen molar-refractivity contribution in [3.8, 4) is 11.4 Å². The van der Waals surface area contributed by atoms with Crippen LogP contribution in [-0.2, 0) is 6.42 Å². The van der Waals surface area contributed by atoms with E-state index in [-0.39, 0.29) is 5.69 Å². The molecular formula is C13H13N3O2S. The Hall–Kier alpha value is -2.08. The van der Waals surface area contributed by atoms with Crippen molar-refractivity contribution in [2.45, 2.75) is 20.3 Å². The predicted octanol–water partition coefficient (Wildman–Crippen LogP) is 3.59. The Kier molecular flexibility index (Phi) is 3.71. The van der Waals surface area contributed by atoms with Gasteiger partial charge in [-0.3, -0.25) is 10.1 Å². The molecule has 0 aliphatic rings. The lowest BCUT2D eigenvalue weighted by Crippen LogP contribution is -2.01. The first-order valence-electron chi connectivity index (χ1n) is 5.88. The number of aromatic amines is 1. The highest BCUT2D eigenvalue weighted by Gasteiger charge is 2.16. The van der Waals surface area contributed by atoms with Crippen molar-refractivity contribution >= 4 is 17.9 Å². The van der Waals surface area contributed by atoms with Crippen LogP contribution in [0.5, 0.6) is 0 Å². The van der Waals surface area contributed by atoms with Gasteiger partial charge in [0.15, 0.2) is 0 Å². The van der Waals surface area contributed by atoms with Crippen LogP contribution < -0.4 is 0 Å². The Morgan fingerprint density at radius 3 is 2.68 bits per heavy atom. The number of benzene rings is 1. The van der Waals surface area contributed by atoms with Crippen LogP contribution in [0.15, 0.2) is 24.3 Å². The number of hydrogen-bond donors (Lipinski definition) is 1. The fourth-order valence-electron chi connectivity index (χ4n) is 1.99. The predicted molar refractivity (Wildman–Crippen MR) is 75.6 cm³/mol. The van der Waals surface area contributed by atoms with Gasteiger partial charge in [0.05, 0.1) is 10.5 Å². The number of nitro groups is 1. The van der Waals surface area contributed by atoms with Gasteiger partial charge < -0.3 is 4.98 Å². The van der Waals surface area contributed by atoms with Crippen molar-refractivity contribution in [3.05, 3.63) is 50.3 Å². The molecule has 0 amide bonds. The summed E-state index contributed by atoms with van der Waals surface area (Å²) >= 11 is 5.23. The number of nitrogens with zero attached hydrogens (tertiary/aromatic N) is 2. The molecule has 0 atom stereocenters. The molecule has 0 radical (unpaired) electrons. The molecule has 0 unspecified atom stereocenters. The third-order valence-corrected chi connectivity index (χ3v) is 3.28. The molecule has 0 bridgehead atoms. The van der Waals surface area contributed by atoms with E-state index < -0.39 is 4.92 Å². The molecule has 2 aromatic rings. The van der Waals surface area contributed by atoms with Crippen molar-refractivity contribution in [2.24, 2.45) is 0 Å². The molecule has 0 saturated heterocycles. The Bertz CT molecular complexity index is 695. The summed E-state index contributed by atoms with van der Waals surface area (Å²) in [7, 11) is 0. The number of aromatic nitrogens is 2. The van der Waals surface area contributed by atoms with Crippen LogP contribution in [0.2, 0.25) is 0 Å². The fraction of sp³-hybridized carbons (Fsp3) is 0.231. The van der Waals surface area contributed by atoms with Crippen LogP contribution in [0.4, 0.5) is 5.69 Å². The number of H-pyrrole nitrogens is 1. The lowest BCUT2D eigenvalue weighted by atomic mass is 10.1. The number of nitrogens with one attached hydrogen (secondary N) is 1. The molecule has 0 fully saturated rings. The van der Waals surface area contributed by atoms with Gasteiger partial charge >= 0.3 is 0 Å². The van der Waals surface area contributed by atoms with E-state index in [0.29, 0.717) is 16.0 Å². The number of para-hydroxylation sites is 1. The summed E-state index contributed by atoms with van der Waals surface area (Å²) in [5.74, 6) is 0.437. The number of nitro benzene ring substituents is 1. The average Bonchev–Trinajstić information content (AvgIpc) is 2.38. The Morgan fingerprint density at radius 2 is 2.11 bits per heavy atom. The van der Waals surface area contributed by atoms with Gasteiger partial charge in [-0.05, 0) is 19.4 Å². The standard InChI is InChI=1S/C13H13N3O2S/c1-3-9-8(2)14-12(15-13(9)19)10-6-4-5-7-11(10)16(17)18/h4-7H,3H2,1-2H3,(H,14,15,19). The van der Waals surface area contributed by atoms with Gasteiger partial charge in [-0.2, -0.15) is 0 Å². The minimum atomic E-state index is -0.420. The maximum atomic E-state index is 11.0. The van der Waals surface area contributed by atoms with E-state index in [9.17, 15) is 10.1 Å². The molecule has 1 N–H and O–H groups in total. The molecule has 1 aromatic carbocycles. The molecule has 0 aliphatic heterocycles. The second-order valence-corrected chi connectivity index (χ2v) is 4.51. The number of aryl methyl sites for hydroxylation is 1. The summed E-state index contributed by atoms with van der Waals surface area (Å²) in [5.41, 5.74) is 2.33. The Labute approximate surface area is 115 Å². The summed E-state index contributed by atoms with van der Waals surface area (Å²) in [6, 6.07) is 6.49. The molecule has 0 saturated carbocycles. The van der Waals surface area contributed by atoms with E-state index in [1.165, 1.54) is 6.07 Å². The van der Waals surface area contributed by atoms with Crippen molar-refractivity contribution in [2.75, 3.05) is 0 Å². The maximum absolute atomic E-state index is 11.0. The van der Waals surface area contributed by atoms with Crippen LogP contribution >= 0.6 is 12.2 Å². The summed E-state index contributed by atoms with van der Waals surface area (Å²) in [6.45, 7) is 3.90. The van der Waals surface area contributed by atoms with Crippen LogP contribution in [0.1, 0.15) is 18.2 Å². The normalized spacial score (nSPS) is 10.4. The van der Waals surface area contributed by atoms with Crippen molar-refractivity contribution in [1.29, 1.82) is 0 Å². The Morgan fingerprint density at radius 1 is 1.42 bits per heavy atom. The molecule has 0 spiro atoms. The highest BCUT2D eigenvalue weighted by Crippen LogP contribution is 2.27. The number of hydrogen-bond acceptors (Lipinski definition) is 4. The van der Waals surface area contributed by atoms with Crippen molar-refractivity contribution < 1.29 is 4.92 Å². The lowest BCUT2D eigenvalue weighted by Gasteiger charge is -2.07. The molecule has 0 aliphatic carbocycles. The van der Waals surface area contributed by atoms with Gasteiger partial charge in [-0.15, -0.1) is 0 Å². The van der Waals surface area contributed by atoms with Gasteiger partial charge in [-0.1, -0.05) is 31.3 Å². The lowest BCUT2D eigenvalue weighted by molar-refractivity contribution is -0.384. The first-order valence-corrected chi connectivity index (χ1v) is 6.29. The summed E-state index contributed by atoms with van der Waals surface area (Å²) in [4.78, 5) is 18.0. The molecule has 2 rings (SSSR count). The highest BCUT2D eigenvalue weighted by atomic mass is 32.1. The van der Waals surface area contributed by atoms with E-state index in [2.05, 4.69) is 9.97 Å². The molecule has 98 valence electrons. The minimum Gasteiger partial charge on any atom is -0.343 e. The van der Waals surface area contributed by atoms with Gasteiger partial charge in [-0.25, -0.2) is 4.98 Å². The maximum Gasteiger partial charge on any atom is 0.280 e. The SMILES string of the molecule is CCc1c(C)[nH]c(-c2ccccc2[N+](=O)[O-])nc1=S. The van der Waals surface area contributed by atoms with Crippen LogP contribution in [0.25, 0.3) is 11.4 Å². The fourth-order valence-corrected chi connectivity index (χ4v) is 2.38. The molecule has 6 heteroatoms. The first kappa shape index (κ1) is 13.4. The smallest absolute Gasteiger partial charge is 0.280 e. The van der Waals surface area contributed by atoms with Crippen LogP contribution in [0, 0.1) is 21.7 Å². The van der Waals surface area contributed by atoms with Crippen LogP contribution in [0.3, 0.4) is 0 Å². The quantitative estimate of drug-likeness (QED) is 0.528.